The lowest BCUT2D eigenvalue weighted by Crippen LogP contribution is -2.06. The molecule has 0 saturated carbocycles. The quantitative estimate of drug-likeness (QED) is 0.944. The van der Waals surface area contributed by atoms with Gasteiger partial charge in [0.2, 0.25) is 0 Å². The van der Waals surface area contributed by atoms with E-state index in [2.05, 4.69) is 26.3 Å². The lowest BCUT2D eigenvalue weighted by atomic mass is 10.2. The summed E-state index contributed by atoms with van der Waals surface area (Å²) in [6.07, 6.45) is 0. The molecule has 0 aliphatic heterocycles. The van der Waals surface area contributed by atoms with Crippen LogP contribution < -0.4 is 5.32 Å². The Morgan fingerprint density at radius 3 is 2.84 bits per heavy atom. The summed E-state index contributed by atoms with van der Waals surface area (Å²) >= 11 is 3.48. The lowest BCUT2D eigenvalue weighted by molar-refractivity contribution is 0.624. The first-order valence-electron chi connectivity index (χ1n) is 5.64. The van der Waals surface area contributed by atoms with E-state index >= 15 is 0 Å². The average molecular weight is 323 g/mol. The van der Waals surface area contributed by atoms with E-state index in [4.69, 9.17) is 5.26 Å². The molecule has 98 valence electrons. The molecule has 0 bridgehead atoms. The second-order valence-electron chi connectivity index (χ2n) is 4.13. The Hall–Kier alpha value is -1.87. The molecule has 0 atom stereocenters. The number of nitrogens with one attached hydrogen (secondary N) is 1. The van der Waals surface area contributed by atoms with Crippen LogP contribution in [0, 0.1) is 24.1 Å². The fourth-order valence-corrected chi connectivity index (χ4v) is 2.25. The van der Waals surface area contributed by atoms with Crippen molar-refractivity contribution in [2.75, 3.05) is 5.32 Å². The van der Waals surface area contributed by atoms with Gasteiger partial charge in [0.1, 0.15) is 11.9 Å². The van der Waals surface area contributed by atoms with Gasteiger partial charge in [0.25, 0.3) is 0 Å². The molecule has 2 rings (SSSR count). The Labute approximate surface area is 119 Å². The number of benzene rings is 1. The predicted molar refractivity (Wildman–Crippen MR) is 74.1 cm³/mol. The third-order valence-electron chi connectivity index (χ3n) is 2.81. The number of nitriles is 1. The zero-order valence-electron chi connectivity index (χ0n) is 10.5. The minimum Gasteiger partial charge on any atom is -0.379 e. The number of nitrogens with zero attached hydrogens (tertiary/aromatic N) is 3. The maximum Gasteiger partial charge on any atom is 0.141 e. The van der Waals surface area contributed by atoms with Crippen molar-refractivity contribution in [3.63, 3.8) is 0 Å². The lowest BCUT2D eigenvalue weighted by Gasteiger charge is -2.08. The molecule has 0 spiro atoms. The molecular formula is C13H12BrFN4. The summed E-state index contributed by atoms with van der Waals surface area (Å²) in [7, 11) is 1.86. The van der Waals surface area contributed by atoms with Crippen LogP contribution in [0.1, 0.15) is 17.0 Å². The molecule has 0 aliphatic rings. The standard InChI is InChI=1S/C13H12BrFN4/c1-8-13(14)12(19(2)18-8)7-17-10-3-4-11(15)9(5-10)6-16/h3-5,17H,7H2,1-2H3. The van der Waals surface area contributed by atoms with Crippen molar-refractivity contribution in [3.05, 3.63) is 45.4 Å². The van der Waals surface area contributed by atoms with E-state index in [1.54, 1.807) is 10.7 Å². The van der Waals surface area contributed by atoms with Gasteiger partial charge in [0, 0.05) is 12.7 Å². The van der Waals surface area contributed by atoms with Crippen molar-refractivity contribution in [1.82, 2.24) is 9.78 Å². The molecule has 2 aromatic rings. The Kier molecular flexibility index (Phi) is 3.86. The van der Waals surface area contributed by atoms with Gasteiger partial charge in [0.15, 0.2) is 0 Å². The van der Waals surface area contributed by atoms with Gasteiger partial charge in [-0.3, -0.25) is 4.68 Å². The van der Waals surface area contributed by atoms with E-state index in [1.165, 1.54) is 12.1 Å². The largest absolute Gasteiger partial charge is 0.379 e. The summed E-state index contributed by atoms with van der Waals surface area (Å²) in [6.45, 7) is 2.45. The second-order valence-corrected chi connectivity index (χ2v) is 4.92. The van der Waals surface area contributed by atoms with Gasteiger partial charge in [-0.2, -0.15) is 10.4 Å². The van der Waals surface area contributed by atoms with Gasteiger partial charge in [-0.05, 0) is 41.1 Å². The van der Waals surface area contributed by atoms with Gasteiger partial charge >= 0.3 is 0 Å². The first-order chi connectivity index (χ1) is 9.02. The van der Waals surface area contributed by atoms with Crippen LogP contribution in [0.25, 0.3) is 0 Å². The summed E-state index contributed by atoms with van der Waals surface area (Å²) in [4.78, 5) is 0. The van der Waals surface area contributed by atoms with E-state index in [-0.39, 0.29) is 5.56 Å². The number of rotatable bonds is 3. The normalized spacial score (nSPS) is 10.3. The molecule has 19 heavy (non-hydrogen) atoms. The van der Waals surface area contributed by atoms with Crippen LogP contribution >= 0.6 is 15.9 Å². The Bertz CT molecular complexity index is 657. The zero-order valence-corrected chi connectivity index (χ0v) is 12.1. The fraction of sp³-hybridized carbons (Fsp3) is 0.231. The Morgan fingerprint density at radius 1 is 1.53 bits per heavy atom. The van der Waals surface area contributed by atoms with Gasteiger partial charge in [-0.15, -0.1) is 0 Å². The van der Waals surface area contributed by atoms with Gasteiger partial charge in [-0.1, -0.05) is 0 Å². The molecular weight excluding hydrogens is 311 g/mol. The van der Waals surface area contributed by atoms with Crippen LogP contribution in [0.2, 0.25) is 0 Å². The maximum atomic E-state index is 13.2. The van der Waals surface area contributed by atoms with E-state index in [0.717, 1.165) is 15.9 Å². The average Bonchev–Trinajstić information content (AvgIpc) is 2.63. The summed E-state index contributed by atoms with van der Waals surface area (Å²) in [5.74, 6) is -0.509. The predicted octanol–water partition coefficient (Wildman–Crippen LogP) is 3.11. The van der Waals surface area contributed by atoms with E-state index in [0.29, 0.717) is 12.2 Å². The van der Waals surface area contributed by atoms with Crippen molar-refractivity contribution in [2.45, 2.75) is 13.5 Å². The van der Waals surface area contributed by atoms with Crippen molar-refractivity contribution >= 4 is 21.6 Å². The van der Waals surface area contributed by atoms with Crippen LogP contribution in [0.5, 0.6) is 0 Å². The highest BCUT2D eigenvalue weighted by atomic mass is 79.9. The fourth-order valence-electron chi connectivity index (χ4n) is 1.78. The monoisotopic (exact) mass is 322 g/mol. The summed E-state index contributed by atoms with van der Waals surface area (Å²) in [5, 5.41) is 16.2. The zero-order chi connectivity index (χ0) is 14.0. The topological polar surface area (TPSA) is 53.6 Å². The van der Waals surface area contributed by atoms with Crippen molar-refractivity contribution < 1.29 is 4.39 Å². The molecule has 0 fully saturated rings. The van der Waals surface area contributed by atoms with Crippen LogP contribution in [-0.2, 0) is 13.6 Å². The number of aryl methyl sites for hydroxylation is 2. The second kappa shape index (κ2) is 5.41. The summed E-state index contributed by atoms with van der Waals surface area (Å²) < 4.78 is 15.9. The smallest absolute Gasteiger partial charge is 0.141 e. The Balaban J connectivity index is 2.17. The Morgan fingerprint density at radius 2 is 2.26 bits per heavy atom. The first kappa shape index (κ1) is 13.6. The number of halogens is 2. The molecule has 1 heterocycles. The van der Waals surface area contributed by atoms with Gasteiger partial charge in [0.05, 0.1) is 28.0 Å². The first-order valence-corrected chi connectivity index (χ1v) is 6.43. The van der Waals surface area contributed by atoms with Crippen LogP contribution in [0.15, 0.2) is 22.7 Å². The third-order valence-corrected chi connectivity index (χ3v) is 3.84. The number of hydrogen-bond acceptors (Lipinski definition) is 3. The van der Waals surface area contributed by atoms with Gasteiger partial charge < -0.3 is 5.32 Å². The third kappa shape index (κ3) is 2.76. The molecule has 1 aromatic heterocycles. The molecule has 0 amide bonds. The molecule has 0 radical (unpaired) electrons. The molecule has 1 aromatic carbocycles. The number of aromatic nitrogens is 2. The molecule has 0 aliphatic carbocycles. The van der Waals surface area contributed by atoms with Crippen molar-refractivity contribution in [2.24, 2.45) is 7.05 Å². The van der Waals surface area contributed by atoms with Gasteiger partial charge in [-0.25, -0.2) is 4.39 Å². The van der Waals surface area contributed by atoms with Crippen molar-refractivity contribution in [1.29, 1.82) is 5.26 Å². The molecule has 0 saturated heterocycles. The molecule has 1 N–H and O–H groups in total. The number of hydrogen-bond donors (Lipinski definition) is 1. The summed E-state index contributed by atoms with van der Waals surface area (Å²) in [5.41, 5.74) is 2.63. The van der Waals surface area contributed by atoms with Crippen LogP contribution in [0.4, 0.5) is 10.1 Å². The summed E-state index contributed by atoms with van der Waals surface area (Å²) in [6, 6.07) is 6.20. The number of anilines is 1. The minimum absolute atomic E-state index is 0.0326. The molecule has 4 nitrogen and oxygen atoms in total. The van der Waals surface area contributed by atoms with Crippen LogP contribution in [-0.4, -0.2) is 9.78 Å². The van der Waals surface area contributed by atoms with Crippen LogP contribution in [0.3, 0.4) is 0 Å². The van der Waals surface area contributed by atoms with E-state index < -0.39 is 5.82 Å². The highest BCUT2D eigenvalue weighted by Gasteiger charge is 2.10. The SMILES string of the molecule is Cc1nn(C)c(CNc2ccc(F)c(C#N)c2)c1Br. The maximum absolute atomic E-state index is 13.2. The minimum atomic E-state index is -0.509. The van der Waals surface area contributed by atoms with Crippen molar-refractivity contribution in [3.8, 4) is 6.07 Å². The van der Waals surface area contributed by atoms with E-state index in [1.807, 2.05) is 20.0 Å². The molecule has 0 unspecified atom stereocenters. The molecule has 6 heteroatoms. The highest BCUT2D eigenvalue weighted by Crippen LogP contribution is 2.22. The highest BCUT2D eigenvalue weighted by molar-refractivity contribution is 9.10. The van der Waals surface area contributed by atoms with E-state index in [9.17, 15) is 4.39 Å².